The minimum absolute atomic E-state index is 0.0980. The summed E-state index contributed by atoms with van der Waals surface area (Å²) in [4.78, 5) is 22.1. The number of pyridine rings is 1. The summed E-state index contributed by atoms with van der Waals surface area (Å²) < 4.78 is 33.4. The third-order valence-corrected chi connectivity index (χ3v) is 4.70. The maximum atomic E-state index is 13.9. The van der Waals surface area contributed by atoms with E-state index in [9.17, 15) is 8.78 Å². The van der Waals surface area contributed by atoms with Crippen LogP contribution in [0.3, 0.4) is 0 Å². The number of alkyl halides is 2. The van der Waals surface area contributed by atoms with Crippen LogP contribution in [0.2, 0.25) is 0 Å². The Kier molecular flexibility index (Phi) is 5.89. The highest BCUT2D eigenvalue weighted by Crippen LogP contribution is 2.54. The van der Waals surface area contributed by atoms with E-state index in [2.05, 4.69) is 34.8 Å². The Morgan fingerprint density at radius 1 is 1.26 bits per heavy atom. The van der Waals surface area contributed by atoms with E-state index in [1.165, 1.54) is 18.3 Å². The van der Waals surface area contributed by atoms with Gasteiger partial charge in [0.05, 0.1) is 6.61 Å². The number of benzene rings is 1. The van der Waals surface area contributed by atoms with Gasteiger partial charge in [-0.3, -0.25) is 0 Å². The van der Waals surface area contributed by atoms with Crippen molar-refractivity contribution in [3.05, 3.63) is 34.4 Å². The third kappa shape index (κ3) is 4.35. The van der Waals surface area contributed by atoms with Gasteiger partial charge in [0.25, 0.3) is 0 Å². The Labute approximate surface area is 142 Å². The van der Waals surface area contributed by atoms with E-state index in [4.69, 9.17) is 14.5 Å². The molecule has 0 saturated heterocycles. The van der Waals surface area contributed by atoms with Crippen molar-refractivity contribution >= 4 is 35.1 Å². The maximum absolute atomic E-state index is 13.9. The Morgan fingerprint density at radius 2 is 1.96 bits per heavy atom. The molecule has 2 rings (SSSR count). The van der Waals surface area contributed by atoms with Gasteiger partial charge in [0.15, 0.2) is 0 Å². The zero-order chi connectivity index (χ0) is 17.2. The molecule has 0 atom stereocenters. The normalized spacial score (nSPS) is 12.4. The minimum Gasteiger partial charge on any atom is -0.478 e. The van der Waals surface area contributed by atoms with Gasteiger partial charge in [0.2, 0.25) is 14.3 Å². The van der Waals surface area contributed by atoms with Crippen molar-refractivity contribution in [1.29, 1.82) is 0 Å². The molecule has 23 heavy (non-hydrogen) atoms. The molecule has 0 aliphatic heterocycles. The van der Waals surface area contributed by atoms with Gasteiger partial charge in [0, 0.05) is 27.7 Å². The predicted molar refractivity (Wildman–Crippen MR) is 89.6 cm³/mol. The summed E-state index contributed by atoms with van der Waals surface area (Å²) in [6.45, 7) is 4.64. The van der Waals surface area contributed by atoms with Crippen LogP contribution in [0.25, 0.3) is 10.8 Å². The van der Waals surface area contributed by atoms with Crippen LogP contribution < -0.4 is 4.74 Å². The summed E-state index contributed by atoms with van der Waals surface area (Å²) in [6, 6.07) is 4.26. The van der Waals surface area contributed by atoms with Crippen LogP contribution in [0.1, 0.15) is 25.8 Å². The molecule has 0 amide bonds. The second-order valence-electron chi connectivity index (χ2n) is 5.56. The highest BCUT2D eigenvalue weighted by atomic mass is 79.9. The van der Waals surface area contributed by atoms with Crippen LogP contribution in [-0.2, 0) is 5.66 Å². The van der Waals surface area contributed by atoms with Gasteiger partial charge in [-0.2, -0.15) is 8.78 Å². The Hall–Kier alpha value is -0.880. The zero-order valence-electron chi connectivity index (χ0n) is 12.6. The van der Waals surface area contributed by atoms with E-state index in [0.29, 0.717) is 29.2 Å². The molecule has 0 bridgehead atoms. The van der Waals surface area contributed by atoms with Crippen molar-refractivity contribution in [2.45, 2.75) is 25.9 Å². The van der Waals surface area contributed by atoms with Gasteiger partial charge >= 0.3 is 5.66 Å². The van der Waals surface area contributed by atoms with E-state index in [-0.39, 0.29) is 4.47 Å². The number of nitrogens with zero attached hydrogens (tertiary/aromatic N) is 1. The largest absolute Gasteiger partial charge is 0.478 e. The van der Waals surface area contributed by atoms with Crippen LogP contribution in [0.4, 0.5) is 8.78 Å². The Balaban J connectivity index is 2.36. The van der Waals surface area contributed by atoms with E-state index in [1.54, 1.807) is 6.07 Å². The lowest BCUT2D eigenvalue weighted by atomic mass is 10.1. The molecule has 1 aromatic carbocycles. The molecule has 0 aliphatic rings. The molecule has 0 fully saturated rings. The van der Waals surface area contributed by atoms with Crippen LogP contribution in [0, 0.1) is 5.92 Å². The molecule has 0 unspecified atom stereocenters. The van der Waals surface area contributed by atoms with Crippen molar-refractivity contribution in [2.24, 2.45) is 5.92 Å². The van der Waals surface area contributed by atoms with Crippen molar-refractivity contribution in [3.8, 4) is 5.88 Å². The first-order chi connectivity index (χ1) is 10.7. The van der Waals surface area contributed by atoms with Crippen LogP contribution in [-0.4, -0.2) is 21.4 Å². The molecule has 1 aromatic heterocycles. The van der Waals surface area contributed by atoms with Crippen molar-refractivity contribution < 1.29 is 23.3 Å². The number of aromatic nitrogens is 1. The van der Waals surface area contributed by atoms with Gasteiger partial charge in [0.1, 0.15) is 0 Å². The molecular weight excluding hydrogens is 391 g/mol. The first-order valence-corrected chi connectivity index (χ1v) is 9.04. The second-order valence-corrected chi connectivity index (χ2v) is 7.56. The fourth-order valence-electron chi connectivity index (χ4n) is 1.96. The molecule has 2 aromatic rings. The molecular formula is C15H17BrF2NO3P. The molecule has 0 spiro atoms. The summed E-state index contributed by atoms with van der Waals surface area (Å²) in [5.41, 5.74) is -4.19. The highest BCUT2D eigenvalue weighted by Gasteiger charge is 2.42. The predicted octanol–water partition coefficient (Wildman–Crippen LogP) is 4.77. The topological polar surface area (TPSA) is 62.6 Å². The van der Waals surface area contributed by atoms with E-state index in [1.807, 2.05) is 0 Å². The van der Waals surface area contributed by atoms with Gasteiger partial charge in [-0.15, -0.1) is 0 Å². The molecule has 8 heteroatoms. The molecule has 4 nitrogen and oxygen atoms in total. The highest BCUT2D eigenvalue weighted by molar-refractivity contribution is 9.10. The zero-order valence-corrected chi connectivity index (χ0v) is 15.1. The van der Waals surface area contributed by atoms with E-state index < -0.39 is 19.6 Å². The fraction of sp³-hybridized carbons (Fsp3) is 0.400. The number of halogens is 3. The summed E-state index contributed by atoms with van der Waals surface area (Å²) in [5.74, 6) is 0.843. The summed E-state index contributed by atoms with van der Waals surface area (Å²) in [5, 5.41) is 1.14. The lowest BCUT2D eigenvalue weighted by Gasteiger charge is -2.19. The molecule has 0 aliphatic carbocycles. The van der Waals surface area contributed by atoms with Crippen molar-refractivity contribution in [1.82, 2.24) is 4.98 Å². The number of rotatable bonds is 6. The average molecular weight is 408 g/mol. The summed E-state index contributed by atoms with van der Waals surface area (Å²) in [6.07, 6.45) is 2.40. The van der Waals surface area contributed by atoms with E-state index >= 15 is 0 Å². The van der Waals surface area contributed by atoms with Crippen LogP contribution in [0.15, 0.2) is 28.9 Å². The third-order valence-electron chi connectivity index (χ3n) is 3.30. The van der Waals surface area contributed by atoms with Crippen molar-refractivity contribution in [2.75, 3.05) is 6.61 Å². The first kappa shape index (κ1) is 18.5. The van der Waals surface area contributed by atoms with Crippen molar-refractivity contribution in [3.63, 3.8) is 0 Å². The average Bonchev–Trinajstić information content (AvgIpc) is 2.46. The lowest BCUT2D eigenvalue weighted by molar-refractivity contribution is 0.0726. The molecule has 0 saturated carbocycles. The SMILES string of the molecule is CC(C)CCOc1cc2cc(C(F)(F)P(O)O)c(Br)cc2cn1. The molecule has 0 radical (unpaired) electrons. The summed E-state index contributed by atoms with van der Waals surface area (Å²) in [7, 11) is -3.43. The van der Waals surface area contributed by atoms with Crippen LogP contribution in [0.5, 0.6) is 5.88 Å². The van der Waals surface area contributed by atoms with Gasteiger partial charge < -0.3 is 14.5 Å². The van der Waals surface area contributed by atoms with Crippen LogP contribution >= 0.6 is 24.3 Å². The molecule has 1 heterocycles. The minimum atomic E-state index is -3.72. The number of hydrogen-bond acceptors (Lipinski definition) is 4. The van der Waals surface area contributed by atoms with Gasteiger partial charge in [-0.05, 0) is 29.9 Å². The van der Waals surface area contributed by atoms with Gasteiger partial charge in [-0.1, -0.05) is 29.8 Å². The van der Waals surface area contributed by atoms with E-state index in [0.717, 1.165) is 6.42 Å². The Bertz CT molecular complexity index is 698. The molecule has 2 N–H and O–H groups in total. The standard InChI is InChI=1S/C15H17BrF2NO3P/c1-9(2)3-4-22-14-7-10-5-12(15(17,18)23(20)21)13(16)6-11(10)8-19-14/h5-9,20-21H,3-4H2,1-2H3. The number of hydrogen-bond donors (Lipinski definition) is 2. The fourth-order valence-corrected chi connectivity index (χ4v) is 3.13. The molecule has 126 valence electrons. The number of fused-ring (bicyclic) bond motifs is 1. The second kappa shape index (κ2) is 7.34. The smallest absolute Gasteiger partial charge is 0.340 e. The quantitative estimate of drug-likeness (QED) is 0.677. The van der Waals surface area contributed by atoms with Gasteiger partial charge in [-0.25, -0.2) is 4.98 Å². The summed E-state index contributed by atoms with van der Waals surface area (Å²) >= 11 is 3.05. The first-order valence-electron chi connectivity index (χ1n) is 7.00. The number of ether oxygens (including phenoxy) is 1. The lowest BCUT2D eigenvalue weighted by Crippen LogP contribution is -2.11. The Morgan fingerprint density at radius 3 is 2.57 bits per heavy atom. The monoisotopic (exact) mass is 407 g/mol. The maximum Gasteiger partial charge on any atom is 0.340 e.